The van der Waals surface area contributed by atoms with Crippen LogP contribution in [0.4, 0.5) is 0 Å². The Bertz CT molecular complexity index is 1270. The van der Waals surface area contributed by atoms with Gasteiger partial charge in [-0.1, -0.05) is 23.7 Å². The third kappa shape index (κ3) is 4.69. The van der Waals surface area contributed by atoms with E-state index in [0.29, 0.717) is 23.9 Å². The van der Waals surface area contributed by atoms with Crippen LogP contribution in [0.1, 0.15) is 5.56 Å². The van der Waals surface area contributed by atoms with Crippen LogP contribution in [0.25, 0.3) is 10.9 Å². The number of fused-ring (bicyclic) bond motifs is 2. The lowest BCUT2D eigenvalue weighted by molar-refractivity contribution is -0.130. The number of pyridine rings is 1. The summed E-state index contributed by atoms with van der Waals surface area (Å²) in [5, 5.41) is 1.50. The Labute approximate surface area is 200 Å². The molecule has 9 heteroatoms. The van der Waals surface area contributed by atoms with Crippen molar-refractivity contribution < 1.29 is 14.3 Å². The number of hydrogen-bond donors (Lipinski definition) is 0. The first-order valence-electron chi connectivity index (χ1n) is 10.8. The highest BCUT2D eigenvalue weighted by atomic mass is 35.5. The maximum absolute atomic E-state index is 12.9. The Hall–Kier alpha value is -2.68. The van der Waals surface area contributed by atoms with Crippen molar-refractivity contribution in [1.29, 1.82) is 0 Å². The predicted octanol–water partition coefficient (Wildman–Crippen LogP) is 3.36. The minimum atomic E-state index is -0.114. The van der Waals surface area contributed by atoms with Gasteiger partial charge in [-0.2, -0.15) is 0 Å². The number of benzene rings is 2. The standard InChI is InChI=1S/C24H24ClN3O4S/c1-26-19-11-17(25)3-4-18(19)22(12-23(26)29)33-14-24(30)28-8-6-27(7-9-28)13-16-2-5-20-21(10-16)32-15-31-20/h2-5,10-12H,6-9,13-15H2,1H3. The average Bonchev–Trinajstić information content (AvgIpc) is 3.29. The molecule has 2 aliphatic rings. The molecule has 33 heavy (non-hydrogen) atoms. The summed E-state index contributed by atoms with van der Waals surface area (Å²) in [6.45, 7) is 4.11. The first-order valence-corrected chi connectivity index (χ1v) is 12.1. The van der Waals surface area contributed by atoms with Gasteiger partial charge in [-0.25, -0.2) is 0 Å². The Kier molecular flexibility index (Phi) is 6.23. The van der Waals surface area contributed by atoms with Crippen LogP contribution in [0.15, 0.2) is 52.2 Å². The average molecular weight is 486 g/mol. The first kappa shape index (κ1) is 22.1. The molecule has 7 nitrogen and oxygen atoms in total. The van der Waals surface area contributed by atoms with E-state index in [2.05, 4.69) is 11.0 Å². The molecule has 0 spiro atoms. The van der Waals surface area contributed by atoms with Gasteiger partial charge in [-0.15, -0.1) is 11.8 Å². The van der Waals surface area contributed by atoms with Crippen molar-refractivity contribution in [2.75, 3.05) is 38.7 Å². The van der Waals surface area contributed by atoms with Gasteiger partial charge in [0.15, 0.2) is 11.5 Å². The van der Waals surface area contributed by atoms with E-state index in [0.717, 1.165) is 46.9 Å². The van der Waals surface area contributed by atoms with E-state index in [1.165, 1.54) is 17.3 Å². The minimum absolute atomic E-state index is 0.0884. The van der Waals surface area contributed by atoms with Gasteiger partial charge >= 0.3 is 0 Å². The highest BCUT2D eigenvalue weighted by molar-refractivity contribution is 8.00. The van der Waals surface area contributed by atoms with Gasteiger partial charge in [0.1, 0.15) is 0 Å². The molecule has 2 aromatic carbocycles. The summed E-state index contributed by atoms with van der Waals surface area (Å²) in [7, 11) is 1.73. The molecule has 0 radical (unpaired) electrons. The molecule has 0 atom stereocenters. The number of carbonyl (C=O) groups excluding carboxylic acids is 1. The monoisotopic (exact) mass is 485 g/mol. The number of carbonyl (C=O) groups is 1. The second-order valence-electron chi connectivity index (χ2n) is 8.20. The summed E-state index contributed by atoms with van der Waals surface area (Å²) in [5.74, 6) is 1.97. The van der Waals surface area contributed by atoms with E-state index in [9.17, 15) is 9.59 Å². The van der Waals surface area contributed by atoms with Crippen LogP contribution in [-0.2, 0) is 18.4 Å². The lowest BCUT2D eigenvalue weighted by Crippen LogP contribution is -2.48. The summed E-state index contributed by atoms with van der Waals surface area (Å²) >= 11 is 7.52. The summed E-state index contributed by atoms with van der Waals surface area (Å²) in [6.07, 6.45) is 0. The van der Waals surface area contributed by atoms with Gasteiger partial charge in [-0.3, -0.25) is 14.5 Å². The van der Waals surface area contributed by atoms with Gasteiger partial charge in [0.25, 0.3) is 5.56 Å². The molecule has 0 unspecified atom stereocenters. The fourth-order valence-corrected chi connectivity index (χ4v) is 5.34. The van der Waals surface area contributed by atoms with E-state index >= 15 is 0 Å². The van der Waals surface area contributed by atoms with Crippen LogP contribution in [0.5, 0.6) is 11.5 Å². The lowest BCUT2D eigenvalue weighted by atomic mass is 10.1. The summed E-state index contributed by atoms with van der Waals surface area (Å²) in [6, 6.07) is 13.1. The number of ether oxygens (including phenoxy) is 2. The number of aryl methyl sites for hydroxylation is 1. The van der Waals surface area contributed by atoms with Crippen LogP contribution in [0, 0.1) is 0 Å². The third-order valence-corrected chi connectivity index (χ3v) is 7.37. The zero-order valence-electron chi connectivity index (χ0n) is 18.3. The van der Waals surface area contributed by atoms with Crippen LogP contribution >= 0.6 is 23.4 Å². The van der Waals surface area contributed by atoms with Crippen LogP contribution in [-0.4, -0.2) is 59.0 Å². The molecule has 1 aromatic heterocycles. The molecule has 0 bridgehead atoms. The molecular formula is C24H24ClN3O4S. The molecular weight excluding hydrogens is 462 g/mol. The molecule has 3 heterocycles. The van der Waals surface area contributed by atoms with Crippen molar-refractivity contribution in [1.82, 2.24) is 14.4 Å². The number of aromatic nitrogens is 1. The van der Waals surface area contributed by atoms with Crippen molar-refractivity contribution in [2.45, 2.75) is 11.4 Å². The molecule has 5 rings (SSSR count). The van der Waals surface area contributed by atoms with E-state index in [1.807, 2.05) is 23.1 Å². The van der Waals surface area contributed by atoms with Crippen LogP contribution in [0.2, 0.25) is 5.02 Å². The highest BCUT2D eigenvalue weighted by Gasteiger charge is 2.22. The number of nitrogens with zero attached hydrogens (tertiary/aromatic N) is 3. The number of piperazine rings is 1. The molecule has 1 fully saturated rings. The molecule has 1 amide bonds. The molecule has 2 aliphatic heterocycles. The predicted molar refractivity (Wildman–Crippen MR) is 129 cm³/mol. The highest BCUT2D eigenvalue weighted by Crippen LogP contribution is 2.33. The Morgan fingerprint density at radius 3 is 2.64 bits per heavy atom. The number of amides is 1. The maximum Gasteiger partial charge on any atom is 0.251 e. The number of thioether (sulfide) groups is 1. The Morgan fingerprint density at radius 1 is 1.03 bits per heavy atom. The topological polar surface area (TPSA) is 64.0 Å². The molecule has 0 aliphatic carbocycles. The van der Waals surface area contributed by atoms with Crippen LogP contribution < -0.4 is 15.0 Å². The van der Waals surface area contributed by atoms with Crippen LogP contribution in [0.3, 0.4) is 0 Å². The zero-order valence-corrected chi connectivity index (χ0v) is 19.8. The Balaban J connectivity index is 1.18. The van der Waals surface area contributed by atoms with Gasteiger partial charge in [0.2, 0.25) is 12.7 Å². The van der Waals surface area contributed by atoms with Gasteiger partial charge < -0.3 is 18.9 Å². The number of halogens is 1. The van der Waals surface area contributed by atoms with Gasteiger partial charge in [0, 0.05) is 61.1 Å². The van der Waals surface area contributed by atoms with Crippen molar-refractivity contribution in [2.24, 2.45) is 7.05 Å². The largest absolute Gasteiger partial charge is 0.454 e. The van der Waals surface area contributed by atoms with Crippen molar-refractivity contribution in [3.8, 4) is 11.5 Å². The fraction of sp³-hybridized carbons (Fsp3) is 0.333. The summed E-state index contributed by atoms with van der Waals surface area (Å²) in [4.78, 5) is 30.3. The second-order valence-corrected chi connectivity index (χ2v) is 9.65. The summed E-state index contributed by atoms with van der Waals surface area (Å²) in [5.41, 5.74) is 1.83. The van der Waals surface area contributed by atoms with E-state index in [1.54, 1.807) is 29.8 Å². The van der Waals surface area contributed by atoms with Gasteiger partial charge in [-0.05, 0) is 29.8 Å². The van der Waals surface area contributed by atoms with E-state index < -0.39 is 0 Å². The molecule has 0 N–H and O–H groups in total. The van der Waals surface area contributed by atoms with E-state index in [4.69, 9.17) is 21.1 Å². The quantitative estimate of drug-likeness (QED) is 0.516. The minimum Gasteiger partial charge on any atom is -0.454 e. The van der Waals surface area contributed by atoms with Crippen molar-refractivity contribution in [3.63, 3.8) is 0 Å². The second kappa shape index (κ2) is 9.29. The third-order valence-electron chi connectivity index (χ3n) is 6.09. The smallest absolute Gasteiger partial charge is 0.251 e. The number of rotatable bonds is 5. The van der Waals surface area contributed by atoms with Crippen molar-refractivity contribution in [3.05, 3.63) is 63.4 Å². The molecule has 1 saturated heterocycles. The SMILES string of the molecule is Cn1c(=O)cc(SCC(=O)N2CCN(Cc3ccc4c(c3)OCO4)CC2)c2ccc(Cl)cc21. The fourth-order valence-electron chi connectivity index (χ4n) is 4.20. The number of hydrogen-bond acceptors (Lipinski definition) is 6. The molecule has 0 saturated carbocycles. The normalized spacial score (nSPS) is 15.9. The zero-order chi connectivity index (χ0) is 22.9. The summed E-state index contributed by atoms with van der Waals surface area (Å²) < 4.78 is 12.4. The lowest BCUT2D eigenvalue weighted by Gasteiger charge is -2.34. The molecule has 172 valence electrons. The van der Waals surface area contributed by atoms with Crippen molar-refractivity contribution >= 4 is 40.2 Å². The first-order chi connectivity index (χ1) is 16.0. The van der Waals surface area contributed by atoms with E-state index in [-0.39, 0.29) is 18.3 Å². The molecule has 3 aromatic rings. The Morgan fingerprint density at radius 2 is 1.82 bits per heavy atom. The maximum atomic E-state index is 12.9. The van der Waals surface area contributed by atoms with Gasteiger partial charge in [0.05, 0.1) is 11.3 Å².